The lowest BCUT2D eigenvalue weighted by molar-refractivity contribution is -0.168. The minimum absolute atomic E-state index is 0.00517. The van der Waals surface area contributed by atoms with E-state index >= 15 is 0 Å². The second kappa shape index (κ2) is 13.7. The zero-order valence-corrected chi connectivity index (χ0v) is 29.7. The van der Waals surface area contributed by atoms with E-state index in [1.807, 2.05) is 34.6 Å². The lowest BCUT2D eigenvalue weighted by atomic mass is 9.90. The maximum Gasteiger partial charge on any atom is 0.144 e. The molecule has 4 rings (SSSR count). The summed E-state index contributed by atoms with van der Waals surface area (Å²) in [6.45, 7) is 27.6. The van der Waals surface area contributed by atoms with Gasteiger partial charge < -0.3 is 37.5 Å². The van der Waals surface area contributed by atoms with Crippen molar-refractivity contribution in [1.29, 1.82) is 0 Å². The highest BCUT2D eigenvalue weighted by Crippen LogP contribution is 2.55. The maximum atomic E-state index is 6.50. The predicted molar refractivity (Wildman–Crippen MR) is 173 cm³/mol. The first-order valence-corrected chi connectivity index (χ1v) is 20.3. The molecule has 0 aromatic rings. The van der Waals surface area contributed by atoms with Gasteiger partial charge in [-0.2, -0.15) is 0 Å². The summed E-state index contributed by atoms with van der Waals surface area (Å²) in [5, 5.41) is 0. The topological polar surface area (TPSA) is 73.8 Å². The van der Waals surface area contributed by atoms with E-state index < -0.39 is 19.8 Å². The van der Waals surface area contributed by atoms with E-state index in [9.17, 15) is 0 Å². The highest BCUT2D eigenvalue weighted by molar-refractivity contribution is 7.69. The van der Waals surface area contributed by atoms with Crippen LogP contribution in [-0.4, -0.2) is 124 Å². The van der Waals surface area contributed by atoms with Crippen molar-refractivity contribution in [2.24, 2.45) is 0 Å². The molecule has 0 spiro atoms. The van der Waals surface area contributed by atoms with E-state index in [1.54, 1.807) is 0 Å². The summed E-state index contributed by atoms with van der Waals surface area (Å²) in [7, 11) is -3.38. The first kappa shape index (κ1) is 35.8. The Bertz CT molecular complexity index is 954. The summed E-state index contributed by atoms with van der Waals surface area (Å²) in [6, 6.07) is 0. The van der Waals surface area contributed by atoms with Crippen LogP contribution in [0.4, 0.5) is 0 Å². The molecule has 0 amide bonds. The summed E-state index contributed by atoms with van der Waals surface area (Å²) >= 11 is 0. The normalized spacial score (nSPS) is 39.3. The van der Waals surface area contributed by atoms with E-state index in [0.29, 0.717) is 37.7 Å². The number of fused-ring (bicyclic) bond motifs is 4. The Morgan fingerprint density at radius 1 is 0.707 bits per heavy atom. The van der Waals surface area contributed by atoms with Crippen molar-refractivity contribution in [1.82, 2.24) is 0 Å². The van der Waals surface area contributed by atoms with Gasteiger partial charge in [-0.15, -0.1) is 0 Å². The highest BCUT2D eigenvalue weighted by Gasteiger charge is 2.62. The van der Waals surface area contributed by atoms with Gasteiger partial charge in [0.05, 0.1) is 50.8 Å². The molecule has 10 unspecified atom stereocenters. The SMILES string of the molecule is C=P(C)(OC1C2OCC1(COC(C)C)OC2C)C(C)C.C=P(C)(OC1C2OCCC1(COC(C)C)OC2C)C(C)C. The van der Waals surface area contributed by atoms with Crippen LogP contribution in [0.3, 0.4) is 0 Å². The maximum absolute atomic E-state index is 6.50. The fourth-order valence-electron chi connectivity index (χ4n) is 5.50. The van der Waals surface area contributed by atoms with Crippen LogP contribution in [0.15, 0.2) is 0 Å². The molecule has 0 saturated carbocycles. The average Bonchev–Trinajstić information content (AvgIpc) is 3.35. The zero-order chi connectivity index (χ0) is 31.0. The van der Waals surface area contributed by atoms with Crippen LogP contribution >= 0.6 is 14.2 Å². The quantitative estimate of drug-likeness (QED) is 0.249. The summed E-state index contributed by atoms with van der Waals surface area (Å²) < 4.78 is 48.9. The zero-order valence-electron chi connectivity index (χ0n) is 27.9. The third-order valence-corrected chi connectivity index (χ3v) is 14.8. The lowest BCUT2D eigenvalue weighted by Crippen LogP contribution is -2.53. The number of rotatable bonds is 12. The van der Waals surface area contributed by atoms with Gasteiger partial charge in [0, 0.05) is 20.6 Å². The van der Waals surface area contributed by atoms with Gasteiger partial charge in [0.1, 0.15) is 35.6 Å². The van der Waals surface area contributed by atoms with E-state index in [0.717, 1.165) is 6.42 Å². The van der Waals surface area contributed by atoms with Crippen molar-refractivity contribution in [2.45, 2.75) is 147 Å². The second-order valence-electron chi connectivity index (χ2n) is 13.9. The van der Waals surface area contributed by atoms with Crippen molar-refractivity contribution in [3.63, 3.8) is 0 Å². The van der Waals surface area contributed by atoms with Gasteiger partial charge in [0.25, 0.3) is 0 Å². The molecule has 4 fully saturated rings. The Labute approximate surface area is 250 Å². The van der Waals surface area contributed by atoms with Gasteiger partial charge >= 0.3 is 0 Å². The minimum atomic E-state index is -1.70. The molecule has 0 aromatic carbocycles. The molecular weight excluding hydrogens is 562 g/mol. The van der Waals surface area contributed by atoms with Crippen molar-refractivity contribution in [3.05, 3.63) is 0 Å². The van der Waals surface area contributed by atoms with Crippen LogP contribution in [0.5, 0.6) is 0 Å². The largest absolute Gasteiger partial charge is 0.376 e. The van der Waals surface area contributed by atoms with Crippen LogP contribution in [0.1, 0.15) is 75.7 Å². The van der Waals surface area contributed by atoms with Crippen LogP contribution in [0.2, 0.25) is 0 Å². The molecule has 4 saturated heterocycles. The van der Waals surface area contributed by atoms with Gasteiger partial charge in [-0.25, -0.2) is 0 Å². The summed E-state index contributed by atoms with van der Waals surface area (Å²) in [4.78, 5) is 0. The molecule has 0 N–H and O–H groups in total. The Hall–Kier alpha value is 0.280. The van der Waals surface area contributed by atoms with Gasteiger partial charge in [-0.1, -0.05) is 40.3 Å². The van der Waals surface area contributed by atoms with Crippen molar-refractivity contribution in [3.8, 4) is 0 Å². The predicted octanol–water partition coefficient (Wildman–Crippen LogP) is 5.90. The molecule has 10 atom stereocenters. The van der Waals surface area contributed by atoms with Gasteiger partial charge in [0.2, 0.25) is 0 Å². The van der Waals surface area contributed by atoms with E-state index in [2.05, 4.69) is 60.5 Å². The molecule has 10 heteroatoms. The number of ether oxygens (including phenoxy) is 6. The molecule has 242 valence electrons. The van der Waals surface area contributed by atoms with Crippen molar-refractivity contribution in [2.75, 3.05) is 39.8 Å². The van der Waals surface area contributed by atoms with E-state index in [4.69, 9.17) is 37.5 Å². The van der Waals surface area contributed by atoms with Gasteiger partial charge in [-0.05, 0) is 66.2 Å². The number of hydrogen-bond acceptors (Lipinski definition) is 8. The van der Waals surface area contributed by atoms with Crippen LogP contribution in [0.25, 0.3) is 0 Å². The molecule has 4 aliphatic heterocycles. The van der Waals surface area contributed by atoms with Crippen molar-refractivity contribution < 1.29 is 37.5 Å². The molecule has 0 aromatic heterocycles. The molecule has 0 aliphatic carbocycles. The monoisotopic (exact) mass is 622 g/mol. The Balaban J connectivity index is 0.000000226. The second-order valence-corrected chi connectivity index (χ2v) is 21.1. The standard InChI is InChI=1S/C16H31O4P.C15H29O4P/c1-11(2)18-10-16-8-9-17-14(13(5)19-16)15(16)20-21(6,7)12(3)4;1-10(2)16-8-15-9-17-13(12(5)18-15)14(15)19-20(6,7)11(3)4/h11-15H,6,8-10H2,1-5,7H3;10-14H,6,8-9H2,1-5,7H3. The van der Waals surface area contributed by atoms with Gasteiger partial charge in [-0.3, -0.25) is 0 Å². The fourth-order valence-corrected chi connectivity index (χ4v) is 7.65. The Morgan fingerprint density at radius 3 is 1.56 bits per heavy atom. The lowest BCUT2D eigenvalue weighted by Gasteiger charge is -2.42. The van der Waals surface area contributed by atoms with Crippen molar-refractivity contribution >= 4 is 26.8 Å². The van der Waals surface area contributed by atoms with E-state index in [1.165, 1.54) is 0 Å². The molecule has 8 nitrogen and oxygen atoms in total. The molecular formula is C31H60O8P2. The molecule has 4 bridgehead atoms. The first-order chi connectivity index (χ1) is 18.9. The highest BCUT2D eigenvalue weighted by atomic mass is 31.2. The number of hydrogen-bond donors (Lipinski definition) is 0. The smallest absolute Gasteiger partial charge is 0.144 e. The summed E-state index contributed by atoms with van der Waals surface area (Å²) in [6.07, 6.45) is 9.81. The van der Waals surface area contributed by atoms with Crippen LogP contribution in [0, 0.1) is 0 Å². The molecule has 0 radical (unpaired) electrons. The Morgan fingerprint density at radius 2 is 1.12 bits per heavy atom. The average molecular weight is 623 g/mol. The third kappa shape index (κ3) is 8.12. The first-order valence-electron chi connectivity index (χ1n) is 15.5. The Kier molecular flexibility index (Phi) is 12.0. The van der Waals surface area contributed by atoms with Crippen LogP contribution in [-0.2, 0) is 37.5 Å². The third-order valence-electron chi connectivity index (χ3n) is 8.97. The fraction of sp³-hybridized carbons (Fsp3) is 0.935. The van der Waals surface area contributed by atoms with E-state index in [-0.39, 0.29) is 54.4 Å². The summed E-state index contributed by atoms with van der Waals surface area (Å²) in [5.74, 6) is 0. The summed E-state index contributed by atoms with van der Waals surface area (Å²) in [5.41, 5.74) is 0.0286. The molecule has 4 heterocycles. The van der Waals surface area contributed by atoms with Gasteiger partial charge in [0.15, 0.2) is 0 Å². The van der Waals surface area contributed by atoms with Crippen LogP contribution < -0.4 is 0 Å². The molecule has 4 aliphatic rings. The minimum Gasteiger partial charge on any atom is -0.376 e. The molecule has 41 heavy (non-hydrogen) atoms.